The smallest absolute Gasteiger partial charge is 0.115 e. The van der Waals surface area contributed by atoms with Crippen LogP contribution < -0.4 is 5.32 Å². The van der Waals surface area contributed by atoms with Crippen LogP contribution in [0.2, 0.25) is 0 Å². The number of hydrogen-bond donors (Lipinski definition) is 2. The van der Waals surface area contributed by atoms with E-state index in [2.05, 4.69) is 12.2 Å². The summed E-state index contributed by atoms with van der Waals surface area (Å²) < 4.78 is 0. The van der Waals surface area contributed by atoms with Gasteiger partial charge in [-0.15, -0.1) is 0 Å². The van der Waals surface area contributed by atoms with Gasteiger partial charge in [0.15, 0.2) is 0 Å². The number of phenols is 1. The first-order chi connectivity index (χ1) is 7.78. The normalized spacial score (nSPS) is 24.8. The van der Waals surface area contributed by atoms with Gasteiger partial charge in [-0.1, -0.05) is 25.5 Å². The maximum Gasteiger partial charge on any atom is 0.115 e. The molecule has 0 spiro atoms. The molecule has 2 rings (SSSR count). The van der Waals surface area contributed by atoms with Gasteiger partial charge in [-0.05, 0) is 42.9 Å². The molecule has 1 aliphatic carbocycles. The highest BCUT2D eigenvalue weighted by Crippen LogP contribution is 2.28. The first kappa shape index (κ1) is 11.5. The molecule has 2 N–H and O–H groups in total. The third-order valence-corrected chi connectivity index (χ3v) is 3.65. The van der Waals surface area contributed by atoms with Crippen LogP contribution in [0.4, 0.5) is 0 Å². The van der Waals surface area contributed by atoms with Gasteiger partial charge in [0.1, 0.15) is 5.75 Å². The molecule has 0 amide bonds. The van der Waals surface area contributed by atoms with Gasteiger partial charge in [-0.25, -0.2) is 0 Å². The molecule has 0 saturated heterocycles. The first-order valence-electron chi connectivity index (χ1n) is 6.29. The summed E-state index contributed by atoms with van der Waals surface area (Å²) in [6, 6.07) is 8.16. The number of rotatable bonds is 4. The molecular weight excluding hydrogens is 198 g/mol. The number of nitrogens with one attached hydrogen (secondary N) is 1. The molecule has 0 aliphatic heterocycles. The molecule has 0 radical (unpaired) electrons. The highest BCUT2D eigenvalue weighted by atomic mass is 16.3. The van der Waals surface area contributed by atoms with E-state index in [4.69, 9.17) is 0 Å². The lowest BCUT2D eigenvalue weighted by atomic mass is 10.1. The predicted octanol–water partition coefficient (Wildman–Crippen LogP) is 3.06. The van der Waals surface area contributed by atoms with E-state index in [1.54, 1.807) is 12.1 Å². The van der Waals surface area contributed by atoms with Crippen molar-refractivity contribution in [3.8, 4) is 5.75 Å². The molecule has 0 heterocycles. The summed E-state index contributed by atoms with van der Waals surface area (Å²) in [7, 11) is 0. The average Bonchev–Trinajstić information content (AvgIpc) is 2.76. The standard InChI is InChI=1S/C14H21NO/c1-2-11-3-6-13(9-11)15-10-12-4-7-14(16)8-5-12/h4-5,7-8,11,13,15-16H,2-3,6,9-10H2,1H3. The lowest BCUT2D eigenvalue weighted by Crippen LogP contribution is -2.25. The fourth-order valence-electron chi connectivity index (χ4n) is 2.51. The van der Waals surface area contributed by atoms with Crippen molar-refractivity contribution in [2.24, 2.45) is 5.92 Å². The lowest BCUT2D eigenvalue weighted by Gasteiger charge is -2.12. The van der Waals surface area contributed by atoms with Crippen LogP contribution in [0.5, 0.6) is 5.75 Å². The molecule has 2 heteroatoms. The largest absolute Gasteiger partial charge is 0.508 e. The first-order valence-corrected chi connectivity index (χ1v) is 6.29. The van der Waals surface area contributed by atoms with Gasteiger partial charge in [-0.3, -0.25) is 0 Å². The molecule has 1 aromatic rings. The summed E-state index contributed by atoms with van der Waals surface area (Å²) >= 11 is 0. The molecule has 0 bridgehead atoms. The Labute approximate surface area is 97.7 Å². The molecule has 2 atom stereocenters. The monoisotopic (exact) mass is 219 g/mol. The van der Waals surface area contributed by atoms with Crippen molar-refractivity contribution in [3.05, 3.63) is 29.8 Å². The second kappa shape index (κ2) is 5.35. The highest BCUT2D eigenvalue weighted by Gasteiger charge is 2.22. The van der Waals surface area contributed by atoms with E-state index in [0.29, 0.717) is 11.8 Å². The lowest BCUT2D eigenvalue weighted by molar-refractivity contribution is 0.471. The number of phenolic OH excluding ortho intramolecular Hbond substituents is 1. The number of benzene rings is 1. The third-order valence-electron chi connectivity index (χ3n) is 3.65. The van der Waals surface area contributed by atoms with Gasteiger partial charge in [0.25, 0.3) is 0 Å². The summed E-state index contributed by atoms with van der Waals surface area (Å²) in [4.78, 5) is 0. The average molecular weight is 219 g/mol. The molecule has 1 fully saturated rings. The minimum atomic E-state index is 0.343. The summed E-state index contributed by atoms with van der Waals surface area (Å²) in [6.45, 7) is 3.20. The molecule has 2 nitrogen and oxygen atoms in total. The summed E-state index contributed by atoms with van der Waals surface area (Å²) in [5, 5.41) is 12.8. The highest BCUT2D eigenvalue weighted by molar-refractivity contribution is 5.25. The van der Waals surface area contributed by atoms with Crippen LogP contribution in [0, 0.1) is 5.92 Å². The molecule has 2 unspecified atom stereocenters. The fourth-order valence-corrected chi connectivity index (χ4v) is 2.51. The second-order valence-electron chi connectivity index (χ2n) is 4.83. The Hall–Kier alpha value is -1.02. The zero-order valence-corrected chi connectivity index (χ0v) is 9.95. The second-order valence-corrected chi connectivity index (χ2v) is 4.83. The molecule has 1 aliphatic rings. The summed E-state index contributed by atoms with van der Waals surface area (Å²) in [6.07, 6.45) is 5.34. The van der Waals surface area contributed by atoms with Gasteiger partial charge < -0.3 is 10.4 Å². The van der Waals surface area contributed by atoms with Crippen LogP contribution in [-0.2, 0) is 6.54 Å². The van der Waals surface area contributed by atoms with E-state index >= 15 is 0 Å². The van der Waals surface area contributed by atoms with E-state index in [0.717, 1.165) is 12.5 Å². The van der Waals surface area contributed by atoms with E-state index in [-0.39, 0.29) is 0 Å². The maximum absolute atomic E-state index is 9.18. The van der Waals surface area contributed by atoms with Gasteiger partial charge in [0, 0.05) is 12.6 Å². The van der Waals surface area contributed by atoms with Gasteiger partial charge in [-0.2, -0.15) is 0 Å². The Morgan fingerprint density at radius 1 is 1.25 bits per heavy atom. The zero-order valence-electron chi connectivity index (χ0n) is 9.95. The summed E-state index contributed by atoms with van der Waals surface area (Å²) in [5.41, 5.74) is 1.25. The molecule has 1 saturated carbocycles. The van der Waals surface area contributed by atoms with Gasteiger partial charge in [0.2, 0.25) is 0 Å². The molecular formula is C14H21NO. The summed E-state index contributed by atoms with van der Waals surface area (Å²) in [5.74, 6) is 1.27. The number of hydrogen-bond acceptors (Lipinski definition) is 2. The number of aromatic hydroxyl groups is 1. The third kappa shape index (κ3) is 2.99. The predicted molar refractivity (Wildman–Crippen MR) is 66.4 cm³/mol. The van der Waals surface area contributed by atoms with Crippen molar-refractivity contribution in [2.45, 2.75) is 45.2 Å². The van der Waals surface area contributed by atoms with Crippen molar-refractivity contribution in [1.29, 1.82) is 0 Å². The van der Waals surface area contributed by atoms with E-state index in [9.17, 15) is 5.11 Å². The molecule has 1 aromatic carbocycles. The van der Waals surface area contributed by atoms with Crippen molar-refractivity contribution in [1.82, 2.24) is 5.32 Å². The van der Waals surface area contributed by atoms with Crippen LogP contribution in [-0.4, -0.2) is 11.1 Å². The minimum Gasteiger partial charge on any atom is -0.508 e. The van der Waals surface area contributed by atoms with Crippen molar-refractivity contribution < 1.29 is 5.11 Å². The van der Waals surface area contributed by atoms with Gasteiger partial charge >= 0.3 is 0 Å². The van der Waals surface area contributed by atoms with Crippen LogP contribution in [0.15, 0.2) is 24.3 Å². The molecule has 16 heavy (non-hydrogen) atoms. The van der Waals surface area contributed by atoms with Crippen LogP contribution in [0.3, 0.4) is 0 Å². The minimum absolute atomic E-state index is 0.343. The fraction of sp³-hybridized carbons (Fsp3) is 0.571. The van der Waals surface area contributed by atoms with Crippen molar-refractivity contribution >= 4 is 0 Å². The SMILES string of the molecule is CCC1CCC(NCc2ccc(O)cc2)C1. The Morgan fingerprint density at radius 2 is 2.00 bits per heavy atom. The zero-order chi connectivity index (χ0) is 11.4. The van der Waals surface area contributed by atoms with Crippen LogP contribution >= 0.6 is 0 Å². The Kier molecular flexibility index (Phi) is 3.83. The molecule has 0 aromatic heterocycles. The topological polar surface area (TPSA) is 32.3 Å². The Balaban J connectivity index is 1.77. The molecule has 88 valence electrons. The quantitative estimate of drug-likeness (QED) is 0.815. The Bertz CT molecular complexity index is 320. The van der Waals surface area contributed by atoms with Gasteiger partial charge in [0.05, 0.1) is 0 Å². The van der Waals surface area contributed by atoms with E-state index < -0.39 is 0 Å². The van der Waals surface area contributed by atoms with E-state index in [1.165, 1.54) is 31.2 Å². The van der Waals surface area contributed by atoms with E-state index in [1.807, 2.05) is 12.1 Å². The van der Waals surface area contributed by atoms with Crippen LogP contribution in [0.25, 0.3) is 0 Å². The van der Waals surface area contributed by atoms with Crippen molar-refractivity contribution in [2.75, 3.05) is 0 Å². The maximum atomic E-state index is 9.18. The van der Waals surface area contributed by atoms with Crippen LogP contribution in [0.1, 0.15) is 38.2 Å². The van der Waals surface area contributed by atoms with Crippen molar-refractivity contribution in [3.63, 3.8) is 0 Å². The Morgan fingerprint density at radius 3 is 2.62 bits per heavy atom.